The third-order valence-electron chi connectivity index (χ3n) is 12.3. The average molecular weight is 843 g/mol. The molecule has 0 radical (unpaired) electrons. The zero-order valence-corrected chi connectivity index (χ0v) is 37.3. The monoisotopic (exact) mass is 842 g/mol. The molecule has 1 unspecified atom stereocenters. The van der Waals surface area contributed by atoms with E-state index in [-0.39, 0.29) is 35.5 Å². The van der Waals surface area contributed by atoms with Crippen LogP contribution in [0.15, 0.2) is 121 Å². The highest BCUT2D eigenvalue weighted by Crippen LogP contribution is 2.38. The second-order valence-electron chi connectivity index (χ2n) is 17.9. The zero-order chi connectivity index (χ0) is 43.6. The fourth-order valence-electron chi connectivity index (χ4n) is 9.00. The van der Waals surface area contributed by atoms with Gasteiger partial charge >= 0.3 is 0 Å². The lowest BCUT2D eigenvalue weighted by Gasteiger charge is -2.44. The van der Waals surface area contributed by atoms with Gasteiger partial charge in [0.25, 0.3) is 8.32 Å². The number of ketones is 1. The number of carbonyl (C=O) groups is 5. The van der Waals surface area contributed by atoms with E-state index in [1.54, 1.807) is 11.8 Å². The Kier molecular flexibility index (Phi) is 14.8. The number of hydrogen-bond donors (Lipinski definition) is 3. The van der Waals surface area contributed by atoms with Gasteiger partial charge in [-0.2, -0.15) is 0 Å². The number of rotatable bonds is 15. The SMILES string of the molecule is C[C@H](O[Si](c1ccccc1)(c1ccccc1)C(C)(C)C)C(=O)CCCCC[C@@H]1NC(=O)[C@H]2CCCN2C(=O)C(Cc2ccccc2)NC(=O)[C@](C)(Cc2ccccc2)NC1=O. The maximum Gasteiger partial charge on any atom is 0.262 e. The van der Waals surface area contributed by atoms with Crippen LogP contribution < -0.4 is 26.3 Å². The molecule has 2 aliphatic heterocycles. The highest BCUT2D eigenvalue weighted by atomic mass is 28.4. The van der Waals surface area contributed by atoms with Crippen molar-refractivity contribution < 1.29 is 28.4 Å². The smallest absolute Gasteiger partial charge is 0.262 e. The summed E-state index contributed by atoms with van der Waals surface area (Å²) in [5.74, 6) is -1.64. The van der Waals surface area contributed by atoms with E-state index in [9.17, 15) is 24.0 Å². The molecule has 0 aromatic heterocycles. The summed E-state index contributed by atoms with van der Waals surface area (Å²) in [6.45, 7) is 10.5. The van der Waals surface area contributed by atoms with E-state index in [2.05, 4.69) is 61.0 Å². The maximum absolute atomic E-state index is 14.4. The van der Waals surface area contributed by atoms with Crippen molar-refractivity contribution in [3.63, 3.8) is 0 Å². The van der Waals surface area contributed by atoms with Crippen LogP contribution in [0.5, 0.6) is 0 Å². The van der Waals surface area contributed by atoms with Crippen LogP contribution in [0.1, 0.15) is 90.7 Å². The molecule has 0 aliphatic carbocycles. The lowest BCUT2D eigenvalue weighted by molar-refractivity contribution is -0.144. The quantitative estimate of drug-likeness (QED) is 0.102. The number of nitrogens with zero attached hydrogens (tertiary/aromatic N) is 1. The van der Waals surface area contributed by atoms with Crippen molar-refractivity contribution in [2.24, 2.45) is 0 Å². The Balaban J connectivity index is 1.16. The van der Waals surface area contributed by atoms with E-state index in [1.807, 2.05) is 104 Å². The zero-order valence-electron chi connectivity index (χ0n) is 36.3. The maximum atomic E-state index is 14.4. The van der Waals surface area contributed by atoms with E-state index in [4.69, 9.17) is 4.43 Å². The fourth-order valence-corrected chi connectivity index (χ4v) is 13.7. The van der Waals surface area contributed by atoms with Gasteiger partial charge < -0.3 is 25.3 Å². The van der Waals surface area contributed by atoms with Crippen molar-refractivity contribution in [2.75, 3.05) is 6.54 Å². The number of carbonyl (C=O) groups excluding carboxylic acids is 5. The molecule has 0 saturated carbocycles. The Hall–Kier alpha value is -5.39. The number of unbranched alkanes of at least 4 members (excludes halogenated alkanes) is 2. The number of benzene rings is 4. The molecule has 4 aromatic carbocycles. The highest BCUT2D eigenvalue weighted by Gasteiger charge is 2.51. The van der Waals surface area contributed by atoms with Gasteiger partial charge in [-0.3, -0.25) is 24.0 Å². The molecule has 0 spiro atoms. The Morgan fingerprint density at radius 2 is 1.31 bits per heavy atom. The lowest BCUT2D eigenvalue weighted by Crippen LogP contribution is -2.68. The van der Waals surface area contributed by atoms with Crippen LogP contribution in [-0.4, -0.2) is 78.9 Å². The number of Topliss-reactive ketones (excluding diaryl/α,β-unsaturated/α-hetero) is 1. The molecule has 322 valence electrons. The minimum Gasteiger partial charge on any atom is -0.398 e. The molecular weight excluding hydrogens is 781 g/mol. The van der Waals surface area contributed by atoms with Crippen LogP contribution in [0.4, 0.5) is 0 Å². The summed E-state index contributed by atoms with van der Waals surface area (Å²) in [7, 11) is -2.93. The van der Waals surface area contributed by atoms with Crippen LogP contribution >= 0.6 is 0 Å². The van der Waals surface area contributed by atoms with E-state index >= 15 is 0 Å². The summed E-state index contributed by atoms with van der Waals surface area (Å²) in [4.78, 5) is 72.4. The second-order valence-corrected chi connectivity index (χ2v) is 22.2. The van der Waals surface area contributed by atoms with Gasteiger partial charge in [0.15, 0.2) is 5.78 Å². The van der Waals surface area contributed by atoms with Crippen molar-refractivity contribution in [2.45, 2.75) is 127 Å². The largest absolute Gasteiger partial charge is 0.398 e. The standard InChI is InChI=1S/C50H62N4O6Si/c1-36(60-61(49(2,3)4,39-26-15-8-16-27-39)40-28-17-9-18-29-40)44(55)32-20-10-19-30-41-45(56)53-50(5,35-38-24-13-7-14-25-38)48(59)52-42(34-37-22-11-6-12-23-37)47(58)54-33-21-31-43(54)46(57)51-41/h6-9,11-18,22-29,36,41-43H,10,19-21,30-35H2,1-5H3,(H,51,57)(H,52,59)(H,53,56)/t36-,41-,42?,43+,50-/m0/s1. The molecule has 5 atom stereocenters. The van der Waals surface area contributed by atoms with Gasteiger partial charge in [0.1, 0.15) is 29.8 Å². The van der Waals surface area contributed by atoms with Gasteiger partial charge in [-0.25, -0.2) is 0 Å². The number of amides is 4. The Labute approximate surface area is 362 Å². The Morgan fingerprint density at radius 3 is 1.89 bits per heavy atom. The van der Waals surface area contributed by atoms with Crippen molar-refractivity contribution in [1.29, 1.82) is 0 Å². The first-order valence-corrected chi connectivity index (χ1v) is 23.8. The predicted octanol–water partition coefficient (Wildman–Crippen LogP) is 5.81. The van der Waals surface area contributed by atoms with Gasteiger partial charge in [0.2, 0.25) is 23.6 Å². The van der Waals surface area contributed by atoms with Crippen LogP contribution in [0.25, 0.3) is 0 Å². The first kappa shape index (κ1) is 45.1. The normalized spacial score (nSPS) is 21.9. The van der Waals surface area contributed by atoms with Gasteiger partial charge in [0.05, 0.1) is 0 Å². The predicted molar refractivity (Wildman–Crippen MR) is 242 cm³/mol. The minimum absolute atomic E-state index is 0.0179. The third kappa shape index (κ3) is 10.7. The first-order valence-electron chi connectivity index (χ1n) is 21.8. The molecule has 61 heavy (non-hydrogen) atoms. The fraction of sp³-hybridized carbons (Fsp3) is 0.420. The molecule has 2 aliphatic rings. The van der Waals surface area contributed by atoms with Crippen LogP contribution in [-0.2, 0) is 41.2 Å². The molecule has 11 heteroatoms. The molecule has 2 fully saturated rings. The molecule has 3 N–H and O–H groups in total. The summed E-state index contributed by atoms with van der Waals surface area (Å²) < 4.78 is 7.06. The average Bonchev–Trinajstić information content (AvgIpc) is 3.75. The molecule has 4 amide bonds. The van der Waals surface area contributed by atoms with Gasteiger partial charge in [-0.1, -0.05) is 155 Å². The van der Waals surface area contributed by atoms with Crippen molar-refractivity contribution in [3.8, 4) is 0 Å². The van der Waals surface area contributed by atoms with Crippen molar-refractivity contribution >= 4 is 48.1 Å². The van der Waals surface area contributed by atoms with E-state index in [0.29, 0.717) is 51.5 Å². The topological polar surface area (TPSA) is 134 Å². The molecule has 10 nitrogen and oxygen atoms in total. The summed E-state index contributed by atoms with van der Waals surface area (Å²) in [6, 6.07) is 36.8. The number of hydrogen-bond acceptors (Lipinski definition) is 6. The Bertz CT molecular complexity index is 2070. The molecule has 2 saturated heterocycles. The minimum atomic E-state index is -2.93. The molecular formula is C50H62N4O6Si. The number of nitrogens with one attached hydrogen (secondary N) is 3. The lowest BCUT2D eigenvalue weighted by atomic mass is 9.90. The van der Waals surface area contributed by atoms with Crippen molar-refractivity contribution in [1.82, 2.24) is 20.9 Å². The first-order chi connectivity index (χ1) is 29.2. The summed E-state index contributed by atoms with van der Waals surface area (Å²) >= 11 is 0. The second kappa shape index (κ2) is 20.0. The van der Waals surface area contributed by atoms with Gasteiger partial charge in [-0.15, -0.1) is 0 Å². The van der Waals surface area contributed by atoms with Gasteiger partial charge in [0, 0.05) is 25.8 Å². The molecule has 0 bridgehead atoms. The van der Waals surface area contributed by atoms with E-state index < -0.39 is 49.9 Å². The Morgan fingerprint density at radius 1 is 0.754 bits per heavy atom. The van der Waals surface area contributed by atoms with Crippen molar-refractivity contribution in [3.05, 3.63) is 132 Å². The summed E-state index contributed by atoms with van der Waals surface area (Å²) in [5.41, 5.74) is 0.246. The molecule has 2 heterocycles. The van der Waals surface area contributed by atoms with E-state index in [1.165, 1.54) is 0 Å². The van der Waals surface area contributed by atoms with E-state index in [0.717, 1.165) is 21.5 Å². The third-order valence-corrected chi connectivity index (χ3v) is 17.4. The van der Waals surface area contributed by atoms with Crippen LogP contribution in [0, 0.1) is 0 Å². The summed E-state index contributed by atoms with van der Waals surface area (Å²) in [6.07, 6.45) is 3.21. The van der Waals surface area contributed by atoms with Crippen LogP contribution in [0.3, 0.4) is 0 Å². The number of fused-ring (bicyclic) bond motifs is 1. The van der Waals surface area contributed by atoms with Gasteiger partial charge in [-0.05, 0) is 66.1 Å². The highest BCUT2D eigenvalue weighted by molar-refractivity contribution is 6.99. The molecule has 6 rings (SSSR count). The van der Waals surface area contributed by atoms with Crippen LogP contribution in [0.2, 0.25) is 5.04 Å². The molecule has 4 aromatic rings. The summed E-state index contributed by atoms with van der Waals surface area (Å²) in [5, 5.41) is 11.0.